The van der Waals surface area contributed by atoms with Crippen molar-refractivity contribution >= 4 is 60.9 Å². The molecule has 0 atom stereocenters. The molecule has 0 radical (unpaired) electrons. The minimum absolute atomic E-state index is 0.0391. The molecular weight excluding hydrogens is 1130 g/mol. The second-order valence-electron chi connectivity index (χ2n) is 28.6. The second kappa shape index (κ2) is 18.9. The zero-order chi connectivity index (χ0) is 62.5. The number of nitrogens with zero attached hydrogens (tertiary/aromatic N) is 1. The average Bonchev–Trinajstić information content (AvgIpc) is 1.52. The van der Waals surface area contributed by atoms with Crippen LogP contribution in [0.15, 0.2) is 288 Å². The molecule has 0 fully saturated rings. The van der Waals surface area contributed by atoms with Crippen molar-refractivity contribution in [2.75, 3.05) is 4.90 Å². The van der Waals surface area contributed by atoms with E-state index < -0.39 is 16.2 Å². The summed E-state index contributed by atoms with van der Waals surface area (Å²) < 4.78 is 14.0. The van der Waals surface area contributed by atoms with Crippen LogP contribution in [0.2, 0.25) is 0 Å². The summed E-state index contributed by atoms with van der Waals surface area (Å²) in [7, 11) is 0. The molecule has 93 heavy (non-hydrogen) atoms. The summed E-state index contributed by atoms with van der Waals surface area (Å²) in [6.07, 6.45) is 0. The molecule has 0 unspecified atom stereocenters. The molecule has 0 saturated heterocycles. The molecule has 0 spiro atoms. The van der Waals surface area contributed by atoms with Crippen LogP contribution in [-0.4, -0.2) is 0 Å². The van der Waals surface area contributed by atoms with Gasteiger partial charge in [-0.05, 0) is 183 Å². The zero-order valence-electron chi connectivity index (χ0n) is 53.3. The van der Waals surface area contributed by atoms with Crippen LogP contribution in [0.3, 0.4) is 0 Å². The van der Waals surface area contributed by atoms with Crippen LogP contribution in [0, 0.1) is 0 Å². The molecule has 2 aromatic heterocycles. The van der Waals surface area contributed by atoms with Gasteiger partial charge in [0.05, 0.1) is 10.8 Å². The van der Waals surface area contributed by atoms with Gasteiger partial charge in [0.25, 0.3) is 0 Å². The van der Waals surface area contributed by atoms with Gasteiger partial charge in [0.2, 0.25) is 0 Å². The number of benzene rings is 13. The first kappa shape index (κ1) is 54.0. The molecule has 0 bridgehead atoms. The smallest absolute Gasteiger partial charge is 0.144 e. The highest BCUT2D eigenvalue weighted by atomic mass is 16.3. The summed E-state index contributed by atoms with van der Waals surface area (Å²) >= 11 is 0. The molecule has 4 aliphatic rings. The van der Waals surface area contributed by atoms with E-state index in [1.54, 1.807) is 0 Å². The topological polar surface area (TPSA) is 29.5 Å². The maximum Gasteiger partial charge on any atom is 0.144 e. The number of hydrogen-bond donors (Lipinski definition) is 0. The van der Waals surface area contributed by atoms with Gasteiger partial charge in [0, 0.05) is 55.0 Å². The van der Waals surface area contributed by atoms with Gasteiger partial charge < -0.3 is 13.7 Å². The lowest BCUT2D eigenvalue weighted by molar-refractivity contribution is 0.590. The van der Waals surface area contributed by atoms with Crippen LogP contribution in [0.5, 0.6) is 0 Å². The van der Waals surface area contributed by atoms with Crippen LogP contribution >= 0.6 is 0 Å². The van der Waals surface area contributed by atoms with Gasteiger partial charge in [-0.25, -0.2) is 0 Å². The lowest BCUT2D eigenvalue weighted by Gasteiger charge is -2.36. The van der Waals surface area contributed by atoms with Crippen LogP contribution in [0.1, 0.15) is 121 Å². The Balaban J connectivity index is 0.885. The molecule has 19 rings (SSSR count). The second-order valence-corrected chi connectivity index (χ2v) is 28.6. The number of rotatable bonds is 7. The normalized spacial score (nSPS) is 15.4. The third-order valence-electron chi connectivity index (χ3n) is 22.1. The fraction of sp³-hybridized carbons (Fsp3) is 0.133. The number of anilines is 3. The highest BCUT2D eigenvalue weighted by Gasteiger charge is 2.53. The molecule has 0 aliphatic heterocycles. The molecule has 13 aromatic carbocycles. The summed E-state index contributed by atoms with van der Waals surface area (Å²) in [6, 6.07) is 105. The van der Waals surface area contributed by atoms with Crippen LogP contribution in [0.25, 0.3) is 88.4 Å². The Kier molecular flexibility index (Phi) is 11.0. The van der Waals surface area contributed by atoms with E-state index in [0.717, 1.165) is 55.6 Å². The largest absolute Gasteiger partial charge is 0.456 e. The number of fused-ring (bicyclic) bond motifs is 22. The van der Waals surface area contributed by atoms with Gasteiger partial charge >= 0.3 is 0 Å². The van der Waals surface area contributed by atoms with E-state index in [4.69, 9.17) is 8.83 Å². The third-order valence-corrected chi connectivity index (χ3v) is 22.1. The Morgan fingerprint density at radius 2 is 0.753 bits per heavy atom. The molecule has 3 heteroatoms. The highest BCUT2D eigenvalue weighted by molar-refractivity contribution is 6.21. The van der Waals surface area contributed by atoms with Crippen LogP contribution in [0.4, 0.5) is 17.1 Å². The minimum atomic E-state index is -0.762. The minimum Gasteiger partial charge on any atom is -0.456 e. The average molecular weight is 1190 g/mol. The van der Waals surface area contributed by atoms with Gasteiger partial charge in [0.15, 0.2) is 0 Å². The van der Waals surface area contributed by atoms with E-state index in [-0.39, 0.29) is 10.8 Å². The molecule has 0 N–H and O–H groups in total. The van der Waals surface area contributed by atoms with E-state index in [0.29, 0.717) is 0 Å². The van der Waals surface area contributed by atoms with Crippen molar-refractivity contribution in [2.45, 2.75) is 75.5 Å². The first-order valence-electron chi connectivity index (χ1n) is 33.0. The molecule has 0 amide bonds. The summed E-state index contributed by atoms with van der Waals surface area (Å²) in [6.45, 7) is 16.7. The first-order valence-corrected chi connectivity index (χ1v) is 33.0. The summed E-state index contributed by atoms with van der Waals surface area (Å²) in [4.78, 5) is 2.53. The SMILES string of the molecule is CC(C)(C)c1ccc(N(c2ccc3c(c2)C(C)(C)c2c4c(c5c(oc6ccccc65)c2-3)-c2ccccc2C4(C)C)c2ccc3c(c2)C(c2ccccc2)(c2ccccc2)c2cc4c(cc2-3)C(c2ccccc2)(c2ccccc2)c2ccc3oc5ccccc5c3c2-4)cc1. The van der Waals surface area contributed by atoms with Gasteiger partial charge in [-0.3, -0.25) is 0 Å². The van der Waals surface area contributed by atoms with Crippen molar-refractivity contribution < 1.29 is 8.83 Å². The number of furan rings is 2. The predicted molar refractivity (Wildman–Crippen MR) is 384 cm³/mol. The molecule has 444 valence electrons. The summed E-state index contributed by atoms with van der Waals surface area (Å²) in [5, 5.41) is 4.65. The van der Waals surface area contributed by atoms with Crippen LogP contribution in [-0.2, 0) is 27.1 Å². The Hall–Kier alpha value is -10.7. The monoisotopic (exact) mass is 1190 g/mol. The maximum atomic E-state index is 7.19. The number of para-hydroxylation sites is 2. The standard InChI is InChI=1S/C90H67NO2/c1-86(2,3)54-40-42-59(43-41-54)91(60-45-47-64-71(50-60)88(6,7)84-82(64)85-81(66-36-22-25-39-76(66)93-85)80-63-34-20-23-37-69(63)87(4,5)83(80)84)61-44-46-62-67-52-74-68(53-73(67)90(72(62)51-61,57-30-16-10-17-31-57)58-32-18-11-19-33-58)78-70(48-49-77-79(78)65-35-21-24-38-75(65)92-77)89(74,55-26-12-8-13-27-55)56-28-14-9-15-29-56/h8-53H,1-7H3. The summed E-state index contributed by atoms with van der Waals surface area (Å²) in [5.41, 5.74) is 31.4. The molecular formula is C90H67NO2. The van der Waals surface area contributed by atoms with Gasteiger partial charge in [0.1, 0.15) is 22.3 Å². The third kappa shape index (κ3) is 7.04. The predicted octanol–water partition coefficient (Wildman–Crippen LogP) is 23.6. The van der Waals surface area contributed by atoms with Crippen molar-refractivity contribution in [3.63, 3.8) is 0 Å². The Morgan fingerprint density at radius 1 is 0.301 bits per heavy atom. The van der Waals surface area contributed by atoms with Crippen molar-refractivity contribution in [3.8, 4) is 44.5 Å². The molecule has 0 saturated carbocycles. The Morgan fingerprint density at radius 3 is 1.37 bits per heavy atom. The van der Waals surface area contributed by atoms with Crippen molar-refractivity contribution in [3.05, 3.63) is 351 Å². The van der Waals surface area contributed by atoms with E-state index in [2.05, 4.69) is 332 Å². The van der Waals surface area contributed by atoms with Crippen molar-refractivity contribution in [1.82, 2.24) is 0 Å². The fourth-order valence-electron chi connectivity index (χ4n) is 18.1. The van der Waals surface area contributed by atoms with Crippen LogP contribution < -0.4 is 4.90 Å². The summed E-state index contributed by atoms with van der Waals surface area (Å²) in [5.74, 6) is 0. The van der Waals surface area contributed by atoms with E-state index >= 15 is 0 Å². The van der Waals surface area contributed by atoms with Gasteiger partial charge in [-0.15, -0.1) is 0 Å². The van der Waals surface area contributed by atoms with Crippen molar-refractivity contribution in [1.29, 1.82) is 0 Å². The molecule has 3 nitrogen and oxygen atoms in total. The molecule has 15 aromatic rings. The van der Waals surface area contributed by atoms with Gasteiger partial charge in [-0.1, -0.05) is 261 Å². The fourth-order valence-corrected chi connectivity index (χ4v) is 18.1. The van der Waals surface area contributed by atoms with E-state index in [9.17, 15) is 0 Å². The Bertz CT molecular complexity index is 5560. The quantitative estimate of drug-likeness (QED) is 0.159. The highest BCUT2D eigenvalue weighted by Crippen LogP contribution is 2.67. The molecule has 2 heterocycles. The molecule has 4 aliphatic carbocycles. The van der Waals surface area contributed by atoms with Gasteiger partial charge in [-0.2, -0.15) is 0 Å². The number of hydrogen-bond acceptors (Lipinski definition) is 3. The first-order chi connectivity index (χ1) is 45.3. The maximum absolute atomic E-state index is 7.19. The van der Waals surface area contributed by atoms with Crippen molar-refractivity contribution in [2.24, 2.45) is 0 Å². The zero-order valence-corrected chi connectivity index (χ0v) is 53.3. The lowest BCUT2D eigenvalue weighted by atomic mass is 9.66. The lowest BCUT2D eigenvalue weighted by Crippen LogP contribution is -2.30. The van der Waals surface area contributed by atoms with E-state index in [1.165, 1.54) is 122 Å². The Labute approximate surface area is 542 Å². The van der Waals surface area contributed by atoms with E-state index in [1.807, 2.05) is 0 Å².